The summed E-state index contributed by atoms with van der Waals surface area (Å²) in [4.78, 5) is 38.0. The summed E-state index contributed by atoms with van der Waals surface area (Å²) in [6.45, 7) is 3.44. The van der Waals surface area contributed by atoms with Crippen LogP contribution in [0.4, 0.5) is 5.69 Å². The Morgan fingerprint density at radius 3 is 2.36 bits per heavy atom. The third-order valence-electron chi connectivity index (χ3n) is 4.78. The number of hydrogen-bond donors (Lipinski definition) is 3. The predicted octanol–water partition coefficient (Wildman–Crippen LogP) is 3.28. The van der Waals surface area contributed by atoms with Crippen LogP contribution in [0.15, 0.2) is 38.8 Å². The van der Waals surface area contributed by atoms with Gasteiger partial charge < -0.3 is 20.4 Å². The molecule has 7 nitrogen and oxygen atoms in total. The standard InChI is InChI=1S/C19H22Br2N2O5/c1-2-23(12-3-4-14(20)15(21)9-12)18(26)17(11-5-7-22-8-6-11)13(19(27)28)10-16(24)25/h3-4,9-11,17,22H,2,5-8H2,1H3,(H,24,25)(H,27,28)/b13-10+. The van der Waals surface area contributed by atoms with Crippen molar-refractivity contribution in [3.63, 3.8) is 0 Å². The van der Waals surface area contributed by atoms with E-state index in [1.54, 1.807) is 25.1 Å². The molecule has 0 aliphatic carbocycles. The molecule has 3 N–H and O–H groups in total. The van der Waals surface area contributed by atoms with Gasteiger partial charge in [-0.15, -0.1) is 0 Å². The fourth-order valence-electron chi connectivity index (χ4n) is 3.47. The van der Waals surface area contributed by atoms with Crippen molar-refractivity contribution in [3.8, 4) is 0 Å². The first-order valence-electron chi connectivity index (χ1n) is 8.91. The zero-order valence-corrected chi connectivity index (χ0v) is 18.5. The highest BCUT2D eigenvalue weighted by Gasteiger charge is 2.38. The number of piperidine rings is 1. The monoisotopic (exact) mass is 516 g/mol. The summed E-state index contributed by atoms with van der Waals surface area (Å²) in [5, 5.41) is 22.0. The second-order valence-corrected chi connectivity index (χ2v) is 8.20. The van der Waals surface area contributed by atoms with Gasteiger partial charge in [-0.2, -0.15) is 0 Å². The number of benzene rings is 1. The van der Waals surface area contributed by atoms with E-state index in [4.69, 9.17) is 5.11 Å². The van der Waals surface area contributed by atoms with E-state index < -0.39 is 23.8 Å². The van der Waals surface area contributed by atoms with Crippen LogP contribution in [0.3, 0.4) is 0 Å². The van der Waals surface area contributed by atoms with Crippen molar-refractivity contribution in [2.75, 3.05) is 24.5 Å². The predicted molar refractivity (Wildman–Crippen MR) is 112 cm³/mol. The number of anilines is 1. The summed E-state index contributed by atoms with van der Waals surface area (Å²) in [6, 6.07) is 5.32. The number of carbonyl (C=O) groups is 3. The van der Waals surface area contributed by atoms with E-state index in [-0.39, 0.29) is 11.5 Å². The topological polar surface area (TPSA) is 107 Å². The van der Waals surface area contributed by atoms with Crippen molar-refractivity contribution in [1.29, 1.82) is 0 Å². The van der Waals surface area contributed by atoms with Crippen molar-refractivity contribution in [3.05, 3.63) is 38.8 Å². The van der Waals surface area contributed by atoms with Gasteiger partial charge in [-0.25, -0.2) is 9.59 Å². The van der Waals surface area contributed by atoms with Crippen LogP contribution < -0.4 is 10.2 Å². The summed E-state index contributed by atoms with van der Waals surface area (Å²) in [5.74, 6) is -4.44. The molecule has 1 aliphatic rings. The van der Waals surface area contributed by atoms with Crippen molar-refractivity contribution in [2.45, 2.75) is 19.8 Å². The molecule has 1 atom stereocenters. The van der Waals surface area contributed by atoms with E-state index in [0.717, 1.165) is 8.95 Å². The zero-order chi connectivity index (χ0) is 20.8. The molecule has 1 amide bonds. The van der Waals surface area contributed by atoms with Crippen molar-refractivity contribution in [1.82, 2.24) is 5.32 Å². The Balaban J connectivity index is 2.50. The molecular weight excluding hydrogens is 496 g/mol. The Hall–Kier alpha value is -1.71. The minimum absolute atomic E-state index is 0.247. The molecule has 1 fully saturated rings. The second kappa shape index (κ2) is 10.2. The lowest BCUT2D eigenvalue weighted by molar-refractivity contribution is -0.137. The number of carboxylic acids is 2. The Kier molecular flexibility index (Phi) is 8.21. The number of nitrogens with one attached hydrogen (secondary N) is 1. The quantitative estimate of drug-likeness (QED) is 0.479. The number of amides is 1. The maximum Gasteiger partial charge on any atom is 0.332 e. The van der Waals surface area contributed by atoms with Gasteiger partial charge in [0, 0.05) is 27.3 Å². The van der Waals surface area contributed by atoms with Gasteiger partial charge >= 0.3 is 11.9 Å². The number of hydrogen-bond acceptors (Lipinski definition) is 4. The summed E-state index contributed by atoms with van der Waals surface area (Å²) in [7, 11) is 0. The maximum absolute atomic E-state index is 13.5. The number of aliphatic carboxylic acids is 2. The van der Waals surface area contributed by atoms with Crippen LogP contribution in [0.2, 0.25) is 0 Å². The van der Waals surface area contributed by atoms with Gasteiger partial charge in [-0.3, -0.25) is 4.79 Å². The lowest BCUT2D eigenvalue weighted by Gasteiger charge is -2.34. The molecule has 0 spiro atoms. The summed E-state index contributed by atoms with van der Waals surface area (Å²) < 4.78 is 1.58. The molecule has 1 aromatic carbocycles. The van der Waals surface area contributed by atoms with Gasteiger partial charge in [0.1, 0.15) is 0 Å². The smallest absolute Gasteiger partial charge is 0.332 e. The molecule has 0 bridgehead atoms. The van der Waals surface area contributed by atoms with Crippen LogP contribution in [0.25, 0.3) is 0 Å². The number of halogens is 2. The van der Waals surface area contributed by atoms with Gasteiger partial charge in [0.05, 0.1) is 11.5 Å². The number of carboxylic acid groups (broad SMARTS) is 2. The highest BCUT2D eigenvalue weighted by Crippen LogP contribution is 2.34. The first-order valence-corrected chi connectivity index (χ1v) is 10.5. The Morgan fingerprint density at radius 1 is 1.21 bits per heavy atom. The Bertz CT molecular complexity index is 791. The van der Waals surface area contributed by atoms with Crippen LogP contribution in [0.1, 0.15) is 19.8 Å². The molecule has 152 valence electrons. The molecule has 9 heteroatoms. The van der Waals surface area contributed by atoms with E-state index in [1.165, 1.54) is 4.90 Å². The zero-order valence-electron chi connectivity index (χ0n) is 15.3. The molecule has 1 aliphatic heterocycles. The normalized spacial score (nSPS) is 16.5. The van der Waals surface area contributed by atoms with E-state index >= 15 is 0 Å². The summed E-state index contributed by atoms with van der Waals surface area (Å²) in [5.41, 5.74) is 0.237. The average Bonchev–Trinajstić information content (AvgIpc) is 2.65. The first kappa shape index (κ1) is 22.6. The Labute approximate surface area is 180 Å². The molecule has 1 heterocycles. The Morgan fingerprint density at radius 2 is 1.86 bits per heavy atom. The van der Waals surface area contributed by atoms with Crippen molar-refractivity contribution < 1.29 is 24.6 Å². The van der Waals surface area contributed by atoms with E-state index in [2.05, 4.69) is 37.2 Å². The van der Waals surface area contributed by atoms with E-state index in [1.807, 2.05) is 0 Å². The third kappa shape index (κ3) is 5.42. The van der Waals surface area contributed by atoms with E-state index in [9.17, 15) is 19.5 Å². The summed E-state index contributed by atoms with van der Waals surface area (Å²) >= 11 is 6.80. The minimum Gasteiger partial charge on any atom is -0.478 e. The maximum atomic E-state index is 13.5. The second-order valence-electron chi connectivity index (χ2n) is 6.49. The average molecular weight is 518 g/mol. The SMILES string of the molecule is CCN(C(=O)C(/C(=C\C(=O)O)C(=O)O)C1CCNCC1)c1ccc(Br)c(Br)c1. The van der Waals surface area contributed by atoms with Crippen LogP contribution in [-0.4, -0.2) is 47.7 Å². The molecular formula is C19H22Br2N2O5. The fourth-order valence-corrected chi connectivity index (χ4v) is 4.08. The van der Waals surface area contributed by atoms with Crippen LogP contribution in [-0.2, 0) is 14.4 Å². The van der Waals surface area contributed by atoms with E-state index in [0.29, 0.717) is 44.2 Å². The van der Waals surface area contributed by atoms with Crippen LogP contribution in [0, 0.1) is 11.8 Å². The molecule has 2 rings (SSSR count). The molecule has 0 aromatic heterocycles. The molecule has 1 saturated heterocycles. The van der Waals surface area contributed by atoms with Crippen molar-refractivity contribution >= 4 is 55.4 Å². The minimum atomic E-state index is -1.38. The van der Waals surface area contributed by atoms with Crippen LogP contribution in [0.5, 0.6) is 0 Å². The molecule has 0 radical (unpaired) electrons. The number of carbonyl (C=O) groups excluding carboxylic acids is 1. The van der Waals surface area contributed by atoms with Gasteiger partial charge in [-0.05, 0) is 88.8 Å². The van der Waals surface area contributed by atoms with Gasteiger partial charge in [0.25, 0.3) is 0 Å². The fraction of sp³-hybridized carbons (Fsp3) is 0.421. The molecule has 28 heavy (non-hydrogen) atoms. The first-order chi connectivity index (χ1) is 13.3. The number of nitrogens with zero attached hydrogens (tertiary/aromatic N) is 1. The summed E-state index contributed by atoms with van der Waals surface area (Å²) in [6.07, 6.45) is 1.85. The number of rotatable bonds is 7. The molecule has 0 saturated carbocycles. The van der Waals surface area contributed by atoms with Crippen LogP contribution >= 0.6 is 31.9 Å². The van der Waals surface area contributed by atoms with Gasteiger partial charge in [-0.1, -0.05) is 0 Å². The van der Waals surface area contributed by atoms with Gasteiger partial charge in [0.15, 0.2) is 0 Å². The largest absolute Gasteiger partial charge is 0.478 e. The third-order valence-corrected chi connectivity index (χ3v) is 6.66. The lowest BCUT2D eigenvalue weighted by Crippen LogP contribution is -2.44. The molecule has 1 unspecified atom stereocenters. The van der Waals surface area contributed by atoms with Crippen molar-refractivity contribution in [2.24, 2.45) is 11.8 Å². The highest BCUT2D eigenvalue weighted by molar-refractivity contribution is 9.13. The van der Waals surface area contributed by atoms with Gasteiger partial charge in [0.2, 0.25) is 5.91 Å². The molecule has 1 aromatic rings. The lowest BCUT2D eigenvalue weighted by atomic mass is 9.78. The highest BCUT2D eigenvalue weighted by atomic mass is 79.9.